The fourth-order valence-corrected chi connectivity index (χ4v) is 10.4. The second-order valence-electron chi connectivity index (χ2n) is 12.9. The molecule has 3 aromatic heterocycles. The smallest absolute Gasteiger partial charge is 0.115 e. The van der Waals surface area contributed by atoms with Crippen molar-refractivity contribution in [2.24, 2.45) is 0 Å². The Bertz CT molecular complexity index is 2610. The van der Waals surface area contributed by atoms with Crippen molar-refractivity contribution >= 4 is 42.8 Å². The van der Waals surface area contributed by atoms with E-state index in [1.165, 1.54) is 68.9 Å². The second kappa shape index (κ2) is 9.89. The van der Waals surface area contributed by atoms with Crippen LogP contribution in [-0.4, -0.2) is 14.7 Å². The fourth-order valence-electron chi connectivity index (χ4n) is 8.28. The van der Waals surface area contributed by atoms with Crippen molar-refractivity contribution in [3.8, 4) is 54.7 Å². The molecule has 0 amide bonds. The molecule has 0 radical (unpaired) electrons. The van der Waals surface area contributed by atoms with Crippen molar-refractivity contribution in [1.29, 1.82) is 0 Å². The third kappa shape index (κ3) is 3.69. The van der Waals surface area contributed by atoms with Crippen LogP contribution in [0.25, 0.3) is 69.1 Å². The summed E-state index contributed by atoms with van der Waals surface area (Å²) in [7, 11) is 0. The van der Waals surface area contributed by atoms with Gasteiger partial charge in [0, 0.05) is 30.4 Å². The first-order chi connectivity index (χ1) is 24.2. The number of hydrogen-bond acceptors (Lipinski definition) is 4. The average Bonchev–Trinajstić information content (AvgIpc) is 3.96. The Morgan fingerprint density at radius 1 is 0.531 bits per heavy atom. The van der Waals surface area contributed by atoms with Crippen LogP contribution in [0.5, 0.6) is 5.75 Å². The van der Waals surface area contributed by atoms with E-state index in [2.05, 4.69) is 126 Å². The molecule has 3 heterocycles. The van der Waals surface area contributed by atoms with Crippen molar-refractivity contribution < 1.29 is 5.11 Å². The largest absolute Gasteiger partial charge is 0.508 e. The summed E-state index contributed by atoms with van der Waals surface area (Å²) in [5.74, 6) is 0.246. The molecule has 0 aliphatic heterocycles. The second-order valence-corrected chi connectivity index (χ2v) is 15.1. The monoisotopic (exact) mass is 662 g/mol. The summed E-state index contributed by atoms with van der Waals surface area (Å²) in [4.78, 5) is 7.65. The standard InChI is InChI=1S/C44H26N2OS2/c47-31-17-15-30(16-18-31)46-25-45-42-34-9-3-4-10-35(34)44(43(42)46)36-21-28(40-23-26-7-1-5-11-38(26)48-40)13-19-32(36)33-20-14-29(22-37(33)44)41-24-27-8-2-6-12-39(27)49-41/h1-25,47H. The number of thiophene rings is 2. The topological polar surface area (TPSA) is 38.0 Å². The van der Waals surface area contributed by atoms with Gasteiger partial charge >= 0.3 is 0 Å². The van der Waals surface area contributed by atoms with Crippen LogP contribution in [0, 0.1) is 0 Å². The number of hydrogen-bond donors (Lipinski definition) is 1. The lowest BCUT2D eigenvalue weighted by atomic mass is 9.72. The molecule has 2 aliphatic carbocycles. The average molecular weight is 663 g/mol. The summed E-state index contributed by atoms with van der Waals surface area (Å²) >= 11 is 3.69. The Hall–Kier alpha value is -5.75. The molecule has 3 nitrogen and oxygen atoms in total. The normalized spacial score (nSPS) is 13.6. The molecule has 5 heteroatoms. The van der Waals surface area contributed by atoms with Crippen molar-refractivity contribution in [3.05, 3.63) is 174 Å². The Labute approximate surface area is 290 Å². The van der Waals surface area contributed by atoms with Gasteiger partial charge in [-0.05, 0) is 110 Å². The third-order valence-electron chi connectivity index (χ3n) is 10.4. The van der Waals surface area contributed by atoms with Crippen LogP contribution in [-0.2, 0) is 5.41 Å². The first-order valence-corrected chi connectivity index (χ1v) is 18.0. The quantitative estimate of drug-likeness (QED) is 0.204. The molecule has 0 atom stereocenters. The fraction of sp³-hybridized carbons (Fsp3) is 0.0227. The van der Waals surface area contributed by atoms with Gasteiger partial charge in [0.05, 0.1) is 16.8 Å². The van der Waals surface area contributed by atoms with Crippen LogP contribution >= 0.6 is 22.7 Å². The molecule has 230 valence electrons. The number of phenolic OH excluding ortho intramolecular Hbond substituents is 1. The van der Waals surface area contributed by atoms with E-state index in [0.717, 1.165) is 22.6 Å². The minimum Gasteiger partial charge on any atom is -0.508 e. The van der Waals surface area contributed by atoms with E-state index in [9.17, 15) is 5.11 Å². The van der Waals surface area contributed by atoms with E-state index in [-0.39, 0.29) is 5.75 Å². The van der Waals surface area contributed by atoms with E-state index >= 15 is 0 Å². The Kier molecular flexibility index (Phi) is 5.50. The first kappa shape index (κ1) is 27.2. The summed E-state index contributed by atoms with van der Waals surface area (Å²) in [6.45, 7) is 0. The van der Waals surface area contributed by atoms with Gasteiger partial charge in [0.15, 0.2) is 0 Å². The molecule has 9 aromatic rings. The Morgan fingerprint density at radius 3 is 1.71 bits per heavy atom. The van der Waals surface area contributed by atoms with Gasteiger partial charge in [0.1, 0.15) is 12.1 Å². The van der Waals surface area contributed by atoms with Crippen LogP contribution in [0.15, 0.2) is 152 Å². The molecule has 1 spiro atoms. The minimum absolute atomic E-state index is 0.246. The van der Waals surface area contributed by atoms with Gasteiger partial charge < -0.3 is 9.67 Å². The number of phenols is 1. The Morgan fingerprint density at radius 2 is 1.10 bits per heavy atom. The highest BCUT2D eigenvalue weighted by Gasteiger charge is 2.54. The zero-order valence-electron chi connectivity index (χ0n) is 26.1. The van der Waals surface area contributed by atoms with Gasteiger partial charge in [0.2, 0.25) is 0 Å². The predicted octanol–water partition coefficient (Wildman–Crippen LogP) is 11.7. The summed E-state index contributed by atoms with van der Waals surface area (Å²) in [5, 5.41) is 12.8. The van der Waals surface area contributed by atoms with E-state index in [4.69, 9.17) is 4.98 Å². The van der Waals surface area contributed by atoms with E-state index in [1.807, 2.05) is 41.1 Å². The Balaban J connectivity index is 1.24. The molecule has 1 N–H and O–H groups in total. The van der Waals surface area contributed by atoms with Crippen LogP contribution in [0.2, 0.25) is 0 Å². The molecular weight excluding hydrogens is 637 g/mol. The highest BCUT2D eigenvalue weighted by molar-refractivity contribution is 7.22. The van der Waals surface area contributed by atoms with E-state index in [0.29, 0.717) is 0 Å². The molecule has 0 bridgehead atoms. The molecule has 6 aromatic carbocycles. The summed E-state index contributed by atoms with van der Waals surface area (Å²) < 4.78 is 4.83. The lowest BCUT2D eigenvalue weighted by molar-refractivity contribution is 0.475. The van der Waals surface area contributed by atoms with E-state index in [1.54, 1.807) is 12.1 Å². The summed E-state index contributed by atoms with van der Waals surface area (Å²) in [6, 6.07) is 52.4. The molecule has 2 aliphatic rings. The number of aromatic hydroxyl groups is 1. The summed E-state index contributed by atoms with van der Waals surface area (Å²) in [5.41, 5.74) is 12.4. The van der Waals surface area contributed by atoms with Gasteiger partial charge in [-0.3, -0.25) is 0 Å². The molecule has 0 saturated carbocycles. The SMILES string of the molecule is Oc1ccc(-n2cnc3c2C2(c4cc(-c5cc6ccccc6s5)ccc4-c4ccc(-c5cc6ccccc6s5)cc42)c2ccccc2-3)cc1. The van der Waals surface area contributed by atoms with Crippen LogP contribution in [0.1, 0.15) is 22.4 Å². The lowest BCUT2D eigenvalue weighted by Gasteiger charge is -2.31. The molecule has 0 unspecified atom stereocenters. The highest BCUT2D eigenvalue weighted by atomic mass is 32.1. The predicted molar refractivity (Wildman–Crippen MR) is 203 cm³/mol. The van der Waals surface area contributed by atoms with Gasteiger partial charge in [-0.25, -0.2) is 4.98 Å². The summed E-state index contributed by atoms with van der Waals surface area (Å²) in [6.07, 6.45) is 1.96. The zero-order chi connectivity index (χ0) is 32.3. The number of aromatic nitrogens is 2. The van der Waals surface area contributed by atoms with Crippen LogP contribution in [0.4, 0.5) is 0 Å². The number of rotatable bonds is 3. The molecule has 0 fully saturated rings. The maximum atomic E-state index is 10.2. The maximum absolute atomic E-state index is 10.2. The van der Waals surface area contributed by atoms with Crippen LogP contribution in [0.3, 0.4) is 0 Å². The van der Waals surface area contributed by atoms with Crippen molar-refractivity contribution in [2.45, 2.75) is 5.41 Å². The number of imidazole rings is 1. The molecule has 11 rings (SSSR count). The number of nitrogens with zero attached hydrogens (tertiary/aromatic N) is 2. The van der Waals surface area contributed by atoms with Crippen molar-refractivity contribution in [3.63, 3.8) is 0 Å². The highest BCUT2D eigenvalue weighted by Crippen LogP contribution is 2.63. The molecule has 49 heavy (non-hydrogen) atoms. The number of fused-ring (bicyclic) bond motifs is 12. The van der Waals surface area contributed by atoms with Crippen molar-refractivity contribution in [2.75, 3.05) is 0 Å². The van der Waals surface area contributed by atoms with Gasteiger partial charge in [-0.15, -0.1) is 22.7 Å². The molecular formula is C44H26N2OS2. The first-order valence-electron chi connectivity index (χ1n) is 16.4. The number of benzene rings is 6. The van der Waals surface area contributed by atoms with Crippen molar-refractivity contribution in [1.82, 2.24) is 9.55 Å². The van der Waals surface area contributed by atoms with Gasteiger partial charge in [-0.2, -0.15) is 0 Å². The molecule has 0 saturated heterocycles. The zero-order valence-corrected chi connectivity index (χ0v) is 27.7. The van der Waals surface area contributed by atoms with Crippen LogP contribution < -0.4 is 0 Å². The lowest BCUT2D eigenvalue weighted by Crippen LogP contribution is -2.28. The van der Waals surface area contributed by atoms with Gasteiger partial charge in [-0.1, -0.05) is 84.9 Å². The maximum Gasteiger partial charge on any atom is 0.115 e. The van der Waals surface area contributed by atoms with Gasteiger partial charge in [0.25, 0.3) is 0 Å². The third-order valence-corrected chi connectivity index (χ3v) is 12.7. The van der Waals surface area contributed by atoms with E-state index < -0.39 is 5.41 Å². The minimum atomic E-state index is -0.607.